The van der Waals surface area contributed by atoms with Crippen molar-refractivity contribution in [1.29, 1.82) is 0 Å². The van der Waals surface area contributed by atoms with E-state index in [0.717, 1.165) is 4.90 Å². The summed E-state index contributed by atoms with van der Waals surface area (Å²) in [5, 5.41) is 11.9. The maximum atomic E-state index is 11.8. The summed E-state index contributed by atoms with van der Waals surface area (Å²) < 4.78 is 0. The van der Waals surface area contributed by atoms with Crippen LogP contribution in [0.4, 0.5) is 0 Å². The Labute approximate surface area is 130 Å². The first-order valence-electron chi connectivity index (χ1n) is 6.95. The normalized spacial score (nSPS) is 12.7. The number of carbonyl (C=O) groups is 2. The van der Waals surface area contributed by atoms with Gasteiger partial charge in [0.1, 0.15) is 0 Å². The minimum absolute atomic E-state index is 0.0768. The molecule has 0 aliphatic carbocycles. The molecular weight excluding hydrogens is 286 g/mol. The van der Waals surface area contributed by atoms with Crippen molar-refractivity contribution >= 4 is 23.6 Å². The summed E-state index contributed by atoms with van der Waals surface area (Å²) in [5.74, 6) is -1.24. The summed E-state index contributed by atoms with van der Waals surface area (Å²) in [6.45, 7) is 6.17. The second kappa shape index (κ2) is 8.08. The number of carboxylic acid groups (broad SMARTS) is 1. The van der Waals surface area contributed by atoms with Gasteiger partial charge in [0.25, 0.3) is 0 Å². The Morgan fingerprint density at radius 2 is 1.86 bits per heavy atom. The van der Waals surface area contributed by atoms with Gasteiger partial charge in [0.05, 0.1) is 11.7 Å². The minimum atomic E-state index is -0.860. The lowest BCUT2D eigenvalue weighted by Gasteiger charge is -2.23. The zero-order valence-electron chi connectivity index (χ0n) is 12.8. The zero-order chi connectivity index (χ0) is 15.9. The van der Waals surface area contributed by atoms with Crippen LogP contribution in [0.2, 0.25) is 0 Å². The Hall–Kier alpha value is -1.49. The first-order chi connectivity index (χ1) is 9.78. The highest BCUT2D eigenvalue weighted by molar-refractivity contribution is 8.00. The third-order valence-electron chi connectivity index (χ3n) is 2.87. The van der Waals surface area contributed by atoms with Crippen molar-refractivity contribution in [3.05, 3.63) is 30.3 Å². The fraction of sp³-hybridized carbons (Fsp3) is 0.500. The molecule has 5 heteroatoms. The molecule has 0 fully saturated rings. The van der Waals surface area contributed by atoms with E-state index in [1.807, 2.05) is 51.1 Å². The van der Waals surface area contributed by atoms with Gasteiger partial charge >= 0.3 is 5.97 Å². The molecule has 4 nitrogen and oxygen atoms in total. The molecule has 1 atom stereocenters. The molecule has 0 spiro atoms. The average molecular weight is 309 g/mol. The second-order valence-corrected chi connectivity index (χ2v) is 7.25. The number of carbonyl (C=O) groups excluding carboxylic acids is 1. The number of nitrogens with one attached hydrogen (secondary N) is 1. The number of hydrogen-bond donors (Lipinski definition) is 2. The topological polar surface area (TPSA) is 66.4 Å². The highest BCUT2D eigenvalue weighted by atomic mass is 32.2. The van der Waals surface area contributed by atoms with Gasteiger partial charge in [-0.1, -0.05) is 39.0 Å². The van der Waals surface area contributed by atoms with Crippen LogP contribution in [0.15, 0.2) is 35.2 Å². The van der Waals surface area contributed by atoms with Crippen LogP contribution in [0.5, 0.6) is 0 Å². The van der Waals surface area contributed by atoms with Gasteiger partial charge in [0, 0.05) is 11.4 Å². The Morgan fingerprint density at radius 1 is 1.24 bits per heavy atom. The SMILES string of the molecule is CC(C)(C)CC(CNC(=O)CSc1ccccc1)C(=O)O. The number of hydrogen-bond acceptors (Lipinski definition) is 3. The molecule has 0 saturated carbocycles. The lowest BCUT2D eigenvalue weighted by molar-refractivity contribution is -0.142. The van der Waals surface area contributed by atoms with Crippen LogP contribution < -0.4 is 5.32 Å². The predicted octanol–water partition coefficient (Wildman–Crippen LogP) is 3.03. The molecule has 1 aromatic rings. The standard InChI is InChI=1S/C16H23NO3S/c1-16(2,3)9-12(15(19)20)10-17-14(18)11-21-13-7-5-4-6-8-13/h4-8,12H,9-11H2,1-3H3,(H,17,18)(H,19,20). The Balaban J connectivity index is 2.38. The van der Waals surface area contributed by atoms with Crippen molar-refractivity contribution in [2.24, 2.45) is 11.3 Å². The molecule has 0 radical (unpaired) electrons. The van der Waals surface area contributed by atoms with Crippen LogP contribution in [0.3, 0.4) is 0 Å². The molecule has 21 heavy (non-hydrogen) atoms. The summed E-state index contributed by atoms with van der Waals surface area (Å²) >= 11 is 1.44. The van der Waals surface area contributed by atoms with Crippen molar-refractivity contribution in [3.8, 4) is 0 Å². The second-order valence-electron chi connectivity index (χ2n) is 6.21. The van der Waals surface area contributed by atoms with Gasteiger partial charge in [0.15, 0.2) is 0 Å². The van der Waals surface area contributed by atoms with Gasteiger partial charge in [-0.25, -0.2) is 0 Å². The van der Waals surface area contributed by atoms with Gasteiger partial charge in [-0.05, 0) is 24.0 Å². The first-order valence-corrected chi connectivity index (χ1v) is 7.94. The van der Waals surface area contributed by atoms with Gasteiger partial charge in [-0.15, -0.1) is 11.8 Å². The number of carboxylic acids is 1. The summed E-state index contributed by atoms with van der Waals surface area (Å²) in [6.07, 6.45) is 0.536. The highest BCUT2D eigenvalue weighted by Crippen LogP contribution is 2.24. The monoisotopic (exact) mass is 309 g/mol. The van der Waals surface area contributed by atoms with Gasteiger partial charge in [-0.2, -0.15) is 0 Å². The smallest absolute Gasteiger partial charge is 0.308 e. The van der Waals surface area contributed by atoms with Crippen LogP contribution >= 0.6 is 11.8 Å². The molecule has 0 bridgehead atoms. The van der Waals surface area contributed by atoms with Crippen LogP contribution in [0.1, 0.15) is 27.2 Å². The maximum absolute atomic E-state index is 11.8. The third-order valence-corrected chi connectivity index (χ3v) is 3.88. The van der Waals surface area contributed by atoms with E-state index in [-0.39, 0.29) is 17.9 Å². The lowest BCUT2D eigenvalue weighted by atomic mass is 9.84. The Kier molecular flexibility index (Phi) is 6.75. The summed E-state index contributed by atoms with van der Waals surface area (Å²) in [6, 6.07) is 9.65. The summed E-state index contributed by atoms with van der Waals surface area (Å²) in [7, 11) is 0. The van der Waals surface area contributed by atoms with E-state index < -0.39 is 11.9 Å². The molecule has 0 aliphatic rings. The van der Waals surface area contributed by atoms with E-state index in [9.17, 15) is 14.7 Å². The fourth-order valence-corrected chi connectivity index (χ4v) is 2.69. The van der Waals surface area contributed by atoms with Crippen molar-refractivity contribution in [2.45, 2.75) is 32.1 Å². The van der Waals surface area contributed by atoms with Crippen molar-refractivity contribution < 1.29 is 14.7 Å². The highest BCUT2D eigenvalue weighted by Gasteiger charge is 2.24. The molecule has 1 rings (SSSR count). The summed E-state index contributed by atoms with van der Waals surface area (Å²) in [4.78, 5) is 24.0. The molecule has 116 valence electrons. The maximum Gasteiger partial charge on any atom is 0.308 e. The minimum Gasteiger partial charge on any atom is -0.481 e. The molecule has 2 N–H and O–H groups in total. The van der Waals surface area contributed by atoms with Crippen LogP contribution in [0.25, 0.3) is 0 Å². The Morgan fingerprint density at radius 3 is 2.38 bits per heavy atom. The van der Waals surface area contributed by atoms with E-state index in [0.29, 0.717) is 12.2 Å². The van der Waals surface area contributed by atoms with Gasteiger partial charge < -0.3 is 10.4 Å². The van der Waals surface area contributed by atoms with Crippen molar-refractivity contribution in [3.63, 3.8) is 0 Å². The third kappa shape index (κ3) is 7.75. The number of benzene rings is 1. The van der Waals surface area contributed by atoms with Crippen LogP contribution in [0, 0.1) is 11.3 Å². The number of aliphatic carboxylic acids is 1. The lowest BCUT2D eigenvalue weighted by Crippen LogP contribution is -2.35. The Bertz CT molecular complexity index is 468. The molecule has 1 unspecified atom stereocenters. The van der Waals surface area contributed by atoms with E-state index in [4.69, 9.17) is 0 Å². The van der Waals surface area contributed by atoms with E-state index >= 15 is 0 Å². The predicted molar refractivity (Wildman–Crippen MR) is 85.4 cm³/mol. The molecule has 0 heterocycles. The molecule has 0 aromatic heterocycles. The van der Waals surface area contributed by atoms with E-state index in [1.165, 1.54) is 11.8 Å². The molecule has 0 saturated heterocycles. The van der Waals surface area contributed by atoms with Crippen molar-refractivity contribution in [1.82, 2.24) is 5.32 Å². The quantitative estimate of drug-likeness (QED) is 0.760. The van der Waals surface area contributed by atoms with Crippen LogP contribution in [-0.2, 0) is 9.59 Å². The summed E-state index contributed by atoms with van der Waals surface area (Å²) in [5.41, 5.74) is -0.0768. The molecule has 0 aliphatic heterocycles. The van der Waals surface area contributed by atoms with Gasteiger partial charge in [-0.3, -0.25) is 9.59 Å². The van der Waals surface area contributed by atoms with E-state index in [1.54, 1.807) is 0 Å². The van der Waals surface area contributed by atoms with E-state index in [2.05, 4.69) is 5.32 Å². The largest absolute Gasteiger partial charge is 0.481 e. The number of amides is 1. The van der Waals surface area contributed by atoms with Gasteiger partial charge in [0.2, 0.25) is 5.91 Å². The number of rotatable bonds is 7. The molecular formula is C16H23NO3S. The fourth-order valence-electron chi connectivity index (χ4n) is 1.94. The zero-order valence-corrected chi connectivity index (χ0v) is 13.6. The first kappa shape index (κ1) is 17.6. The van der Waals surface area contributed by atoms with Crippen LogP contribution in [-0.4, -0.2) is 29.3 Å². The number of thioether (sulfide) groups is 1. The molecule has 1 amide bonds. The average Bonchev–Trinajstić information content (AvgIpc) is 2.41. The van der Waals surface area contributed by atoms with Crippen molar-refractivity contribution in [2.75, 3.05) is 12.3 Å². The molecule has 1 aromatic carbocycles.